The Kier molecular flexibility index (Phi) is 5.37. The molecule has 4 N–H and O–H groups in total. The van der Waals surface area contributed by atoms with Gasteiger partial charge < -0.3 is 15.4 Å². The number of nitrogens with one attached hydrogen (secondary N) is 3. The number of pyridine rings is 1. The number of amides is 2. The van der Waals surface area contributed by atoms with Crippen molar-refractivity contribution in [2.75, 3.05) is 11.9 Å². The van der Waals surface area contributed by atoms with Crippen LogP contribution in [0.5, 0.6) is 5.75 Å². The molecule has 1 aliphatic rings. The highest BCUT2D eigenvalue weighted by atomic mass is 16.5. The number of carbonyl (C=O) groups is 2. The zero-order valence-corrected chi connectivity index (χ0v) is 15.5. The number of anilines is 1. The molecule has 3 aromatic rings. The predicted octanol–water partition coefficient (Wildman–Crippen LogP) is 2.10. The maximum Gasteiger partial charge on any atom is 0.274 e. The van der Waals surface area contributed by atoms with Crippen molar-refractivity contribution in [2.24, 2.45) is 0 Å². The Morgan fingerprint density at radius 3 is 2.69 bits per heavy atom. The molecule has 1 saturated heterocycles. The zero-order chi connectivity index (χ0) is 20.2. The molecule has 148 valence electrons. The van der Waals surface area contributed by atoms with Gasteiger partial charge in [-0.1, -0.05) is 18.2 Å². The number of para-hydroxylation sites is 1. The summed E-state index contributed by atoms with van der Waals surface area (Å²) in [6.07, 6.45) is 2.04. The van der Waals surface area contributed by atoms with Gasteiger partial charge in [-0.2, -0.15) is 0 Å². The topological polar surface area (TPSA) is 113 Å². The lowest BCUT2D eigenvalue weighted by atomic mass is 10.1. The summed E-state index contributed by atoms with van der Waals surface area (Å²) in [7, 11) is 0. The van der Waals surface area contributed by atoms with Gasteiger partial charge in [0.25, 0.3) is 5.91 Å². The maximum absolute atomic E-state index is 12.7. The molecule has 29 heavy (non-hydrogen) atoms. The van der Waals surface area contributed by atoms with Crippen molar-refractivity contribution in [1.29, 1.82) is 0 Å². The van der Waals surface area contributed by atoms with Crippen molar-refractivity contribution < 1.29 is 19.5 Å². The average molecular weight is 392 g/mol. The van der Waals surface area contributed by atoms with E-state index in [4.69, 9.17) is 9.94 Å². The maximum atomic E-state index is 12.7. The Morgan fingerprint density at radius 2 is 1.90 bits per heavy atom. The van der Waals surface area contributed by atoms with Crippen LogP contribution in [-0.4, -0.2) is 40.7 Å². The van der Waals surface area contributed by atoms with Gasteiger partial charge in [0.15, 0.2) is 0 Å². The van der Waals surface area contributed by atoms with Gasteiger partial charge in [-0.3, -0.25) is 19.8 Å². The molecule has 1 aliphatic heterocycles. The number of fused-ring (bicyclic) bond motifs is 1. The van der Waals surface area contributed by atoms with Crippen LogP contribution in [0.4, 0.5) is 5.69 Å². The number of rotatable bonds is 5. The van der Waals surface area contributed by atoms with E-state index in [1.807, 2.05) is 30.3 Å². The molecule has 2 amide bonds. The molecular formula is C21H20N4O4. The average Bonchev–Trinajstić information content (AvgIpc) is 3.22. The molecule has 0 unspecified atom stereocenters. The number of hydrogen-bond acceptors (Lipinski definition) is 6. The van der Waals surface area contributed by atoms with Crippen molar-refractivity contribution >= 4 is 28.4 Å². The van der Waals surface area contributed by atoms with Crippen LogP contribution in [-0.2, 0) is 4.79 Å². The van der Waals surface area contributed by atoms with Gasteiger partial charge in [0.05, 0.1) is 17.2 Å². The largest absolute Gasteiger partial charge is 0.489 e. The molecule has 0 aliphatic carbocycles. The van der Waals surface area contributed by atoms with Gasteiger partial charge >= 0.3 is 0 Å². The molecule has 1 aromatic heterocycles. The van der Waals surface area contributed by atoms with E-state index in [-0.39, 0.29) is 18.1 Å². The Morgan fingerprint density at radius 1 is 1.10 bits per heavy atom. The number of benzene rings is 2. The van der Waals surface area contributed by atoms with Gasteiger partial charge in [0.2, 0.25) is 5.91 Å². The third-order valence-corrected chi connectivity index (χ3v) is 4.82. The van der Waals surface area contributed by atoms with Crippen LogP contribution >= 0.6 is 0 Å². The van der Waals surface area contributed by atoms with E-state index in [1.165, 1.54) is 0 Å². The minimum atomic E-state index is -0.584. The molecule has 8 heteroatoms. The summed E-state index contributed by atoms with van der Waals surface area (Å²) in [5, 5.41) is 15.7. The summed E-state index contributed by atoms with van der Waals surface area (Å²) in [6, 6.07) is 15.5. The summed E-state index contributed by atoms with van der Waals surface area (Å²) in [5.74, 6) is -0.131. The molecule has 2 heterocycles. The smallest absolute Gasteiger partial charge is 0.274 e. The summed E-state index contributed by atoms with van der Waals surface area (Å²) in [6.45, 7) is 0.532. The third kappa shape index (κ3) is 4.18. The second-order valence-electron chi connectivity index (χ2n) is 6.77. The lowest BCUT2D eigenvalue weighted by Crippen LogP contribution is -2.35. The lowest BCUT2D eigenvalue weighted by Gasteiger charge is -2.14. The highest BCUT2D eigenvalue weighted by Gasteiger charge is 2.31. The number of nitrogens with zero attached hydrogens (tertiary/aromatic N) is 1. The first-order valence-corrected chi connectivity index (χ1v) is 9.23. The first-order valence-electron chi connectivity index (χ1n) is 9.23. The van der Waals surface area contributed by atoms with Crippen molar-refractivity contribution in [3.8, 4) is 5.75 Å². The van der Waals surface area contributed by atoms with E-state index in [0.29, 0.717) is 30.0 Å². The van der Waals surface area contributed by atoms with Crippen LogP contribution in [0.15, 0.2) is 60.8 Å². The number of hydroxylamine groups is 1. The van der Waals surface area contributed by atoms with Crippen LogP contribution in [0, 0.1) is 0 Å². The Bertz CT molecular complexity index is 1030. The Labute approximate surface area is 166 Å². The minimum absolute atomic E-state index is 0.135. The van der Waals surface area contributed by atoms with Crippen molar-refractivity contribution in [3.63, 3.8) is 0 Å². The van der Waals surface area contributed by atoms with Gasteiger partial charge in [-0.25, -0.2) is 5.48 Å². The van der Waals surface area contributed by atoms with E-state index in [1.54, 1.807) is 35.9 Å². The van der Waals surface area contributed by atoms with Crippen LogP contribution in [0.25, 0.3) is 10.9 Å². The SMILES string of the molecule is O=C(NO)c1ccc(O[C@@H]2CN[C@@H](C(=O)Nc3cccc4cccnc34)C2)cc1. The van der Waals surface area contributed by atoms with E-state index < -0.39 is 5.91 Å². The van der Waals surface area contributed by atoms with Crippen molar-refractivity contribution in [3.05, 3.63) is 66.4 Å². The number of hydrogen-bond donors (Lipinski definition) is 4. The number of aromatic nitrogens is 1. The van der Waals surface area contributed by atoms with Crippen LogP contribution in [0.3, 0.4) is 0 Å². The second-order valence-corrected chi connectivity index (χ2v) is 6.77. The van der Waals surface area contributed by atoms with E-state index in [0.717, 1.165) is 10.9 Å². The van der Waals surface area contributed by atoms with Crippen molar-refractivity contribution in [1.82, 2.24) is 15.8 Å². The lowest BCUT2D eigenvalue weighted by molar-refractivity contribution is -0.117. The fraction of sp³-hybridized carbons (Fsp3) is 0.190. The van der Waals surface area contributed by atoms with Crippen LogP contribution in [0.2, 0.25) is 0 Å². The highest BCUT2D eigenvalue weighted by Crippen LogP contribution is 2.22. The molecule has 0 bridgehead atoms. The normalized spacial score (nSPS) is 18.4. The fourth-order valence-corrected chi connectivity index (χ4v) is 3.36. The second kappa shape index (κ2) is 8.26. The van der Waals surface area contributed by atoms with Gasteiger partial charge in [0, 0.05) is 30.1 Å². The summed E-state index contributed by atoms with van der Waals surface area (Å²) < 4.78 is 5.90. The predicted molar refractivity (Wildman–Crippen MR) is 107 cm³/mol. The zero-order valence-electron chi connectivity index (χ0n) is 15.5. The monoisotopic (exact) mass is 392 g/mol. The molecule has 2 atom stereocenters. The summed E-state index contributed by atoms with van der Waals surface area (Å²) >= 11 is 0. The first-order chi connectivity index (χ1) is 14.1. The molecule has 2 aromatic carbocycles. The van der Waals surface area contributed by atoms with Crippen molar-refractivity contribution in [2.45, 2.75) is 18.6 Å². The Hall–Kier alpha value is -3.49. The first kappa shape index (κ1) is 18.9. The molecule has 0 radical (unpaired) electrons. The van der Waals surface area contributed by atoms with Gasteiger partial charge in [0.1, 0.15) is 11.9 Å². The van der Waals surface area contributed by atoms with Gasteiger partial charge in [-0.15, -0.1) is 0 Å². The van der Waals surface area contributed by atoms with E-state index in [9.17, 15) is 9.59 Å². The molecule has 4 rings (SSSR count). The molecular weight excluding hydrogens is 372 g/mol. The highest BCUT2D eigenvalue weighted by molar-refractivity contribution is 6.02. The third-order valence-electron chi connectivity index (χ3n) is 4.82. The van der Waals surface area contributed by atoms with E-state index >= 15 is 0 Å². The van der Waals surface area contributed by atoms with E-state index in [2.05, 4.69) is 15.6 Å². The fourth-order valence-electron chi connectivity index (χ4n) is 3.36. The quantitative estimate of drug-likeness (QED) is 0.391. The number of ether oxygens (including phenoxy) is 1. The molecule has 0 saturated carbocycles. The standard InChI is InChI=1S/C21H20N4O4/c26-20(25-28)14-6-8-15(9-7-14)29-16-11-18(23-12-16)21(27)24-17-5-1-3-13-4-2-10-22-19(13)17/h1-10,16,18,23,28H,11-12H2,(H,24,27)(H,25,26)/t16-,18+/m0/s1. The molecule has 0 spiro atoms. The minimum Gasteiger partial charge on any atom is -0.489 e. The summed E-state index contributed by atoms with van der Waals surface area (Å²) in [5.41, 5.74) is 3.34. The summed E-state index contributed by atoms with van der Waals surface area (Å²) in [4.78, 5) is 28.4. The molecule has 8 nitrogen and oxygen atoms in total. The van der Waals surface area contributed by atoms with Crippen LogP contribution < -0.4 is 20.9 Å². The van der Waals surface area contributed by atoms with Crippen LogP contribution in [0.1, 0.15) is 16.8 Å². The number of carbonyl (C=O) groups excluding carboxylic acids is 2. The molecule has 1 fully saturated rings. The Balaban J connectivity index is 1.37. The van der Waals surface area contributed by atoms with Gasteiger partial charge in [-0.05, 0) is 36.4 Å².